The van der Waals surface area contributed by atoms with Crippen LogP contribution in [-0.2, 0) is 0 Å². The number of rotatable bonds is 3. The van der Waals surface area contributed by atoms with Crippen LogP contribution in [0.1, 0.15) is 22.1 Å². The van der Waals surface area contributed by atoms with Gasteiger partial charge in [0.2, 0.25) is 0 Å². The maximum absolute atomic E-state index is 10.3. The lowest BCUT2D eigenvalue weighted by Gasteiger charge is -2.11. The fraction of sp³-hybridized carbons (Fsp3) is 0.125. The molecule has 1 N–H and O–H groups in total. The Kier molecular flexibility index (Phi) is 3.23. The molecule has 1 heterocycles. The Bertz CT molecular complexity index is 670. The largest absolute Gasteiger partial charge is 0.396 e. The zero-order chi connectivity index (χ0) is 13.2. The third kappa shape index (κ3) is 2.35. The van der Waals surface area contributed by atoms with Gasteiger partial charge in [0.25, 0.3) is 0 Å². The zero-order valence-electron chi connectivity index (χ0n) is 10.6. The highest BCUT2D eigenvalue weighted by Crippen LogP contribution is 2.33. The molecule has 0 aliphatic carbocycles. The standard InChI is InChI=1S/C16H14NOS/c1-11-6-2-5-9-13(11)16-17-10-14(19-16)15(18)12-7-3-4-8-12/h2-10,15,18H,1H3/q-1. The number of aliphatic hydroxyl groups is 1. The number of benzene rings is 1. The van der Waals surface area contributed by atoms with Crippen molar-refractivity contribution in [3.63, 3.8) is 0 Å². The van der Waals surface area contributed by atoms with Crippen molar-refractivity contribution in [1.82, 2.24) is 4.98 Å². The third-order valence-electron chi connectivity index (χ3n) is 3.17. The molecule has 0 fully saturated rings. The molecule has 0 spiro atoms. The first kappa shape index (κ1) is 12.2. The summed E-state index contributed by atoms with van der Waals surface area (Å²) in [7, 11) is 0. The molecular weight excluding hydrogens is 254 g/mol. The minimum atomic E-state index is -0.578. The molecule has 3 heteroatoms. The van der Waals surface area contributed by atoms with Gasteiger partial charge in [0.1, 0.15) is 5.01 Å². The number of hydrogen-bond donors (Lipinski definition) is 1. The van der Waals surface area contributed by atoms with E-state index in [0.717, 1.165) is 21.0 Å². The Hall–Kier alpha value is -1.84. The van der Waals surface area contributed by atoms with Crippen molar-refractivity contribution in [2.45, 2.75) is 13.0 Å². The Morgan fingerprint density at radius 2 is 2.11 bits per heavy atom. The highest BCUT2D eigenvalue weighted by atomic mass is 32.1. The maximum atomic E-state index is 10.3. The number of thiazole rings is 1. The predicted molar refractivity (Wildman–Crippen MR) is 78.4 cm³/mol. The molecule has 0 aliphatic heterocycles. The summed E-state index contributed by atoms with van der Waals surface area (Å²) in [4.78, 5) is 5.32. The molecular formula is C16H14NOS-. The molecule has 3 aromatic rings. The van der Waals surface area contributed by atoms with E-state index in [2.05, 4.69) is 24.0 Å². The van der Waals surface area contributed by atoms with Crippen LogP contribution in [0.3, 0.4) is 0 Å². The Labute approximate surface area is 116 Å². The van der Waals surface area contributed by atoms with E-state index in [9.17, 15) is 5.11 Å². The van der Waals surface area contributed by atoms with Crippen LogP contribution in [0.15, 0.2) is 54.7 Å². The van der Waals surface area contributed by atoms with E-state index in [-0.39, 0.29) is 0 Å². The first-order chi connectivity index (χ1) is 9.25. The van der Waals surface area contributed by atoms with Gasteiger partial charge in [-0.3, -0.25) is 0 Å². The van der Waals surface area contributed by atoms with Crippen molar-refractivity contribution < 1.29 is 5.11 Å². The molecule has 1 atom stereocenters. The summed E-state index contributed by atoms with van der Waals surface area (Å²) in [6, 6.07) is 15.9. The second kappa shape index (κ2) is 5.03. The van der Waals surface area contributed by atoms with Crippen LogP contribution in [0.25, 0.3) is 10.6 Å². The molecule has 0 radical (unpaired) electrons. The van der Waals surface area contributed by atoms with Gasteiger partial charge in [-0.2, -0.15) is 23.8 Å². The van der Waals surface area contributed by atoms with Gasteiger partial charge < -0.3 is 5.11 Å². The van der Waals surface area contributed by atoms with E-state index in [1.807, 2.05) is 36.4 Å². The monoisotopic (exact) mass is 268 g/mol. The average molecular weight is 268 g/mol. The lowest BCUT2D eigenvalue weighted by Crippen LogP contribution is -1.93. The molecule has 2 aromatic carbocycles. The number of aliphatic hydroxyl groups excluding tert-OH is 1. The molecule has 0 amide bonds. The van der Waals surface area contributed by atoms with E-state index in [4.69, 9.17) is 0 Å². The first-order valence-corrected chi connectivity index (χ1v) is 6.99. The normalized spacial score (nSPS) is 12.5. The molecule has 3 rings (SSSR count). The van der Waals surface area contributed by atoms with Crippen LogP contribution in [0.5, 0.6) is 0 Å². The molecule has 0 saturated carbocycles. The lowest BCUT2D eigenvalue weighted by atomic mass is 10.1. The summed E-state index contributed by atoms with van der Waals surface area (Å²) in [5, 5.41) is 11.2. The second-order valence-electron chi connectivity index (χ2n) is 4.50. The number of hydrogen-bond acceptors (Lipinski definition) is 3. The SMILES string of the molecule is Cc1ccccc1-c1ncc(C(O)c2cc[cH-]c2)s1. The van der Waals surface area contributed by atoms with Crippen LogP contribution < -0.4 is 0 Å². The summed E-state index contributed by atoms with van der Waals surface area (Å²) in [6.07, 6.45) is 1.19. The van der Waals surface area contributed by atoms with Crippen LogP contribution in [0, 0.1) is 6.92 Å². The summed E-state index contributed by atoms with van der Waals surface area (Å²) in [5.41, 5.74) is 3.25. The van der Waals surface area contributed by atoms with Gasteiger partial charge in [-0.25, -0.2) is 11.1 Å². The fourth-order valence-electron chi connectivity index (χ4n) is 2.09. The summed E-state index contributed by atoms with van der Waals surface area (Å²) in [6.45, 7) is 2.07. The van der Waals surface area contributed by atoms with Gasteiger partial charge in [0.05, 0.1) is 6.10 Å². The van der Waals surface area contributed by atoms with E-state index in [1.165, 1.54) is 5.56 Å². The molecule has 2 nitrogen and oxygen atoms in total. The molecule has 19 heavy (non-hydrogen) atoms. The van der Waals surface area contributed by atoms with E-state index in [0.29, 0.717) is 0 Å². The minimum absolute atomic E-state index is 0.578. The van der Waals surface area contributed by atoms with Gasteiger partial charge in [0, 0.05) is 16.6 Å². The quantitative estimate of drug-likeness (QED) is 0.730. The third-order valence-corrected chi connectivity index (χ3v) is 4.26. The highest BCUT2D eigenvalue weighted by Gasteiger charge is 2.11. The lowest BCUT2D eigenvalue weighted by molar-refractivity contribution is 0.224. The van der Waals surface area contributed by atoms with E-state index < -0.39 is 6.10 Å². The Balaban J connectivity index is 1.94. The average Bonchev–Trinajstić information content (AvgIpc) is 3.10. The first-order valence-electron chi connectivity index (χ1n) is 6.17. The smallest absolute Gasteiger partial charge is 0.123 e. The summed E-state index contributed by atoms with van der Waals surface area (Å²) in [5.74, 6) is 0. The van der Waals surface area contributed by atoms with Crippen molar-refractivity contribution in [3.8, 4) is 10.6 Å². The summed E-state index contributed by atoms with van der Waals surface area (Å²) >= 11 is 1.55. The highest BCUT2D eigenvalue weighted by molar-refractivity contribution is 7.15. The van der Waals surface area contributed by atoms with Gasteiger partial charge >= 0.3 is 0 Å². The van der Waals surface area contributed by atoms with Crippen LogP contribution >= 0.6 is 11.3 Å². The number of aryl methyl sites for hydroxylation is 1. The number of nitrogens with zero attached hydrogens (tertiary/aromatic N) is 1. The minimum Gasteiger partial charge on any atom is -0.396 e. The van der Waals surface area contributed by atoms with Crippen LogP contribution in [-0.4, -0.2) is 10.1 Å². The maximum Gasteiger partial charge on any atom is 0.123 e. The van der Waals surface area contributed by atoms with E-state index in [1.54, 1.807) is 17.5 Å². The van der Waals surface area contributed by atoms with Crippen LogP contribution in [0.4, 0.5) is 0 Å². The Morgan fingerprint density at radius 1 is 1.26 bits per heavy atom. The molecule has 0 aliphatic rings. The number of aromatic nitrogens is 1. The van der Waals surface area contributed by atoms with Crippen LogP contribution in [0.2, 0.25) is 0 Å². The zero-order valence-corrected chi connectivity index (χ0v) is 11.4. The molecule has 96 valence electrons. The fourth-order valence-corrected chi connectivity index (χ4v) is 3.11. The van der Waals surface area contributed by atoms with E-state index >= 15 is 0 Å². The topological polar surface area (TPSA) is 33.1 Å². The van der Waals surface area contributed by atoms with Gasteiger partial charge in [-0.05, 0) is 12.5 Å². The van der Waals surface area contributed by atoms with Crippen molar-refractivity contribution in [1.29, 1.82) is 0 Å². The van der Waals surface area contributed by atoms with Crippen molar-refractivity contribution in [2.24, 2.45) is 0 Å². The van der Waals surface area contributed by atoms with Gasteiger partial charge in [-0.15, -0.1) is 11.3 Å². The summed E-state index contributed by atoms with van der Waals surface area (Å²) < 4.78 is 0. The van der Waals surface area contributed by atoms with Crippen molar-refractivity contribution in [2.75, 3.05) is 0 Å². The molecule has 0 bridgehead atoms. The molecule has 1 aromatic heterocycles. The second-order valence-corrected chi connectivity index (χ2v) is 5.57. The van der Waals surface area contributed by atoms with Crippen molar-refractivity contribution in [3.05, 3.63) is 70.7 Å². The van der Waals surface area contributed by atoms with Gasteiger partial charge in [-0.1, -0.05) is 24.3 Å². The van der Waals surface area contributed by atoms with Crippen molar-refractivity contribution >= 4 is 11.3 Å². The predicted octanol–water partition coefficient (Wildman–Crippen LogP) is 3.92. The van der Waals surface area contributed by atoms with Gasteiger partial charge in [0.15, 0.2) is 0 Å². The Morgan fingerprint density at radius 3 is 2.84 bits per heavy atom. The molecule has 0 saturated heterocycles. The molecule has 1 unspecified atom stereocenters.